The molecule has 0 aromatic heterocycles. The zero-order chi connectivity index (χ0) is 70.1. The number of carboxylic acids is 1. The molecule has 2 heterocycles. The van der Waals surface area contributed by atoms with Crippen LogP contribution in [0.4, 0.5) is 10.5 Å². The van der Waals surface area contributed by atoms with E-state index in [1.165, 1.54) is 7.11 Å². The molecule has 11 atom stereocenters. The third kappa shape index (κ3) is 24.0. The van der Waals surface area contributed by atoms with Gasteiger partial charge in [0.25, 0.3) is 0 Å². The number of amides is 8. The number of hydrogen-bond acceptors (Lipinski definition) is 14. The number of urea groups is 1. The van der Waals surface area contributed by atoms with Crippen molar-refractivity contribution in [3.63, 3.8) is 0 Å². The second-order valence-electron chi connectivity index (χ2n) is 27.3. The number of nitrogens with zero attached hydrogens (tertiary/aromatic N) is 4. The fourth-order valence-electron chi connectivity index (χ4n) is 13.5. The number of nitrogens with two attached hydrogens (primary N) is 1. The highest BCUT2D eigenvalue weighted by Crippen LogP contribution is 2.33. The van der Waals surface area contributed by atoms with Crippen LogP contribution in [0, 0.1) is 53.3 Å². The maximum absolute atomic E-state index is 14.7. The number of benzene rings is 2. The molecule has 0 spiro atoms. The smallest absolute Gasteiger partial charge is 0.312 e. The van der Waals surface area contributed by atoms with Gasteiger partial charge < -0.3 is 56.3 Å². The van der Waals surface area contributed by atoms with Gasteiger partial charge in [0.15, 0.2) is 11.6 Å². The molecule has 2 aromatic carbocycles. The summed E-state index contributed by atoms with van der Waals surface area (Å²) in [6.07, 6.45) is 1.42. The standard InChI is InChI=1S/C71H111N9O14/c1-15-46(8)65(78(12)69(89)54(43(2)3)40-58(83)64(45(6)7)77(10)11)59(93-13)41-62(86)80-34-20-24-55(80)66(94-14)47(9)56(81)39-52(37-48-21-17-16-18-22-48)67(87)74-42-49-25-27-53(28-26-49)75-68(88)51(23-19-33-73-71(72)92)38-57(82)63(44(4)5)76-60(84)29-30-61(85)79-35-31-50(32-36-79)70(90)91/h16-18,21-22,25-28,43-47,50-52,54-55,59,63-66H,15,19-20,23-24,29-42H2,1-14H3,(H,74,87)(H,75,88)(H,76,84)(H,90,91)(H3,72,73,92)/t46-,47-,51+,52+,54-,55-,59+,63-,64-,65-,66+/m0/s1. The monoisotopic (exact) mass is 1310 g/mol. The van der Waals surface area contributed by atoms with Gasteiger partial charge in [-0.1, -0.05) is 111 Å². The van der Waals surface area contributed by atoms with Crippen LogP contribution in [-0.4, -0.2) is 187 Å². The highest BCUT2D eigenvalue weighted by Gasteiger charge is 2.44. The molecule has 2 aromatic rings. The first-order valence-electron chi connectivity index (χ1n) is 33.9. The van der Waals surface area contributed by atoms with E-state index < -0.39 is 89.5 Å². The molecular formula is C71H111N9O14. The molecule has 0 unspecified atom stereocenters. The molecule has 4 rings (SSSR count). The molecule has 0 aliphatic carbocycles. The van der Waals surface area contributed by atoms with E-state index in [9.17, 15) is 57.8 Å². The van der Waals surface area contributed by atoms with Gasteiger partial charge in [0, 0.05) is 115 Å². The lowest BCUT2D eigenvalue weighted by Crippen LogP contribution is -2.54. The summed E-state index contributed by atoms with van der Waals surface area (Å²) in [5, 5.41) is 20.5. The van der Waals surface area contributed by atoms with Crippen molar-refractivity contribution in [1.29, 1.82) is 0 Å². The molecule has 23 nitrogen and oxygen atoms in total. The molecule has 2 aliphatic heterocycles. The van der Waals surface area contributed by atoms with Gasteiger partial charge in [0.05, 0.1) is 48.7 Å². The van der Waals surface area contributed by atoms with Crippen LogP contribution in [0.1, 0.15) is 157 Å². The lowest BCUT2D eigenvalue weighted by atomic mass is 9.83. The lowest BCUT2D eigenvalue weighted by molar-refractivity contribution is -0.149. The maximum atomic E-state index is 14.7. The van der Waals surface area contributed by atoms with Gasteiger partial charge in [-0.25, -0.2) is 4.79 Å². The van der Waals surface area contributed by atoms with Gasteiger partial charge in [-0.15, -0.1) is 0 Å². The first-order chi connectivity index (χ1) is 44.4. The Bertz CT molecular complexity index is 2820. The summed E-state index contributed by atoms with van der Waals surface area (Å²) in [7, 11) is 8.58. The van der Waals surface area contributed by atoms with E-state index in [0.29, 0.717) is 56.3 Å². The third-order valence-corrected chi connectivity index (χ3v) is 19.2. The molecule has 0 bridgehead atoms. The zero-order valence-corrected chi connectivity index (χ0v) is 58.4. The third-order valence-electron chi connectivity index (χ3n) is 19.2. The number of likely N-dealkylation sites (tertiary alicyclic amines) is 2. The molecule has 2 fully saturated rings. The molecule has 524 valence electrons. The highest BCUT2D eigenvalue weighted by molar-refractivity contribution is 5.98. The fourth-order valence-corrected chi connectivity index (χ4v) is 13.5. The molecule has 94 heavy (non-hydrogen) atoms. The minimum Gasteiger partial charge on any atom is -0.481 e. The SMILES string of the molecule is CC[C@H](C)[C@@H]([C@@H](CC(=O)N1CCC[C@H]1[C@H](OC)[C@@H](C)C(=O)C[C@@H](Cc1ccccc1)C(=O)NCc1ccc(NC(=O)[C@H](CCCNC(N)=O)CC(=O)[C@@H](NC(=O)CCC(=O)N2CCC(C(=O)O)CC2)C(C)C)cc1)OC)N(C)C(=O)[C@@H](CC(=O)[C@H](C(C)C)N(C)C)C(C)C. The Hall–Kier alpha value is -7.11. The van der Waals surface area contributed by atoms with E-state index in [1.54, 1.807) is 73.9 Å². The topological polar surface area (TPSA) is 314 Å². The first-order valence-corrected chi connectivity index (χ1v) is 33.9. The predicted molar refractivity (Wildman–Crippen MR) is 359 cm³/mol. The Balaban J connectivity index is 1.43. The Morgan fingerprint density at radius 2 is 1.32 bits per heavy atom. The number of Topliss-reactive ketones (excluding diaryl/α,β-unsaturated/α-hetero) is 3. The van der Waals surface area contributed by atoms with Crippen molar-refractivity contribution in [2.75, 3.05) is 66.9 Å². The number of likely N-dealkylation sites (N-methyl/N-ethyl adjacent to an activating group) is 2. The van der Waals surface area contributed by atoms with Gasteiger partial charge >= 0.3 is 12.0 Å². The summed E-state index contributed by atoms with van der Waals surface area (Å²) in [6, 6.07) is 13.2. The molecule has 2 saturated heterocycles. The number of aliphatic carboxylic acids is 1. The largest absolute Gasteiger partial charge is 0.481 e. The van der Waals surface area contributed by atoms with E-state index >= 15 is 0 Å². The van der Waals surface area contributed by atoms with Crippen molar-refractivity contribution >= 4 is 70.5 Å². The minimum absolute atomic E-state index is 0.0109. The van der Waals surface area contributed by atoms with E-state index in [4.69, 9.17) is 15.2 Å². The molecule has 2 aliphatic rings. The number of nitrogens with one attached hydrogen (secondary N) is 4. The second-order valence-corrected chi connectivity index (χ2v) is 27.3. The highest BCUT2D eigenvalue weighted by atomic mass is 16.5. The number of anilines is 1. The zero-order valence-electron chi connectivity index (χ0n) is 58.4. The summed E-state index contributed by atoms with van der Waals surface area (Å²) in [5.41, 5.74) is 7.23. The summed E-state index contributed by atoms with van der Waals surface area (Å²) in [5.74, 6) is -7.43. The first kappa shape index (κ1) is 79.3. The Labute approximate surface area is 557 Å². The van der Waals surface area contributed by atoms with Crippen molar-refractivity contribution in [1.82, 2.24) is 35.6 Å². The predicted octanol–water partition coefficient (Wildman–Crippen LogP) is 7.07. The van der Waals surface area contributed by atoms with Crippen molar-refractivity contribution in [2.45, 2.75) is 195 Å². The van der Waals surface area contributed by atoms with Gasteiger partial charge in [-0.05, 0) is 106 Å². The van der Waals surface area contributed by atoms with Crippen molar-refractivity contribution < 1.29 is 67.3 Å². The normalized spacial score (nSPS) is 17.7. The Morgan fingerprint density at radius 3 is 1.87 bits per heavy atom. The van der Waals surface area contributed by atoms with Crippen LogP contribution < -0.4 is 27.0 Å². The summed E-state index contributed by atoms with van der Waals surface area (Å²) in [4.78, 5) is 156. The number of carbonyl (C=O) groups excluding carboxylic acids is 10. The number of hydrogen-bond donors (Lipinski definition) is 6. The van der Waals surface area contributed by atoms with Crippen LogP contribution >= 0.6 is 0 Å². The number of primary amides is 1. The summed E-state index contributed by atoms with van der Waals surface area (Å²) >= 11 is 0. The van der Waals surface area contributed by atoms with Gasteiger partial charge in [0.2, 0.25) is 35.4 Å². The number of carboxylic acid groups (broad SMARTS) is 1. The number of ether oxygens (including phenoxy) is 2. The van der Waals surface area contributed by atoms with E-state index in [0.717, 1.165) is 5.56 Å². The van der Waals surface area contributed by atoms with Crippen LogP contribution in [0.5, 0.6) is 0 Å². The summed E-state index contributed by atoms with van der Waals surface area (Å²) < 4.78 is 12.3. The number of ketones is 3. The number of piperidine rings is 1. The number of carbonyl (C=O) groups is 11. The molecule has 0 radical (unpaired) electrons. The quantitative estimate of drug-likeness (QED) is 0.0364. The van der Waals surface area contributed by atoms with Crippen LogP contribution in [0.3, 0.4) is 0 Å². The van der Waals surface area contributed by atoms with Crippen LogP contribution in [0.15, 0.2) is 54.6 Å². The van der Waals surface area contributed by atoms with E-state index in [2.05, 4.69) is 21.3 Å². The van der Waals surface area contributed by atoms with Crippen LogP contribution in [-0.2, 0) is 70.4 Å². The van der Waals surface area contributed by atoms with Crippen molar-refractivity contribution in [3.05, 3.63) is 65.7 Å². The Kier molecular flexibility index (Phi) is 33.0. The Morgan fingerprint density at radius 1 is 0.681 bits per heavy atom. The number of methoxy groups -OCH3 is 2. The molecule has 23 heteroatoms. The van der Waals surface area contributed by atoms with Gasteiger partial charge in [0.1, 0.15) is 5.78 Å². The average molecular weight is 1310 g/mol. The van der Waals surface area contributed by atoms with Crippen molar-refractivity contribution in [2.24, 2.45) is 59.0 Å². The average Bonchev–Trinajstić information content (AvgIpc) is 1.41. The fraction of sp³-hybridized carbons (Fsp3) is 0.676. The van der Waals surface area contributed by atoms with Crippen molar-refractivity contribution in [3.8, 4) is 0 Å². The lowest BCUT2D eigenvalue weighted by Gasteiger charge is -2.41. The molecular weight excluding hydrogens is 1200 g/mol. The molecule has 0 saturated carbocycles. The molecule has 7 N–H and O–H groups in total. The van der Waals surface area contributed by atoms with Crippen LogP contribution in [0.25, 0.3) is 0 Å². The molecule has 8 amide bonds. The maximum Gasteiger partial charge on any atom is 0.312 e. The second kappa shape index (κ2) is 39.1. The van der Waals surface area contributed by atoms with E-state index in [1.807, 2.05) is 90.9 Å². The summed E-state index contributed by atoms with van der Waals surface area (Å²) in [6.45, 7) is 18.5. The minimum atomic E-state index is -0.969. The van der Waals surface area contributed by atoms with Crippen LogP contribution in [0.2, 0.25) is 0 Å². The van der Waals surface area contributed by atoms with E-state index in [-0.39, 0.29) is 142 Å². The van der Waals surface area contributed by atoms with Gasteiger partial charge in [-0.2, -0.15) is 0 Å². The number of rotatable bonds is 40. The van der Waals surface area contributed by atoms with Gasteiger partial charge in [-0.3, -0.25) is 52.8 Å².